The van der Waals surface area contributed by atoms with Crippen molar-refractivity contribution in [2.75, 3.05) is 17.7 Å². The van der Waals surface area contributed by atoms with Crippen LogP contribution in [0.25, 0.3) is 10.9 Å². The maximum Gasteiger partial charge on any atom is 0.262 e. The van der Waals surface area contributed by atoms with Crippen molar-refractivity contribution in [3.8, 4) is 6.07 Å². The highest BCUT2D eigenvalue weighted by Crippen LogP contribution is 2.24. The van der Waals surface area contributed by atoms with E-state index in [1.165, 1.54) is 10.9 Å². The molecular weight excluding hydrogens is 382 g/mol. The van der Waals surface area contributed by atoms with Crippen molar-refractivity contribution in [1.82, 2.24) is 19.5 Å². The third kappa shape index (κ3) is 3.60. The molecule has 0 saturated carbocycles. The van der Waals surface area contributed by atoms with Crippen LogP contribution in [0, 0.1) is 11.3 Å². The number of rotatable bonds is 6. The molecule has 0 aliphatic rings. The molecule has 0 amide bonds. The highest BCUT2D eigenvalue weighted by molar-refractivity contribution is 6.35. The van der Waals surface area contributed by atoms with Crippen LogP contribution in [0.3, 0.4) is 0 Å². The van der Waals surface area contributed by atoms with Gasteiger partial charge in [-0.2, -0.15) is 5.26 Å². The number of nitrogen functional groups attached to an aromatic ring is 1. The van der Waals surface area contributed by atoms with Crippen LogP contribution in [0.4, 0.5) is 11.6 Å². The summed E-state index contributed by atoms with van der Waals surface area (Å²) in [5.41, 5.74) is 6.01. The lowest BCUT2D eigenvalue weighted by Gasteiger charge is -2.20. The monoisotopic (exact) mass is 399 g/mol. The van der Waals surface area contributed by atoms with Crippen LogP contribution in [-0.4, -0.2) is 31.2 Å². The number of hydrogen-bond acceptors (Lipinski definition) is 8. The smallest absolute Gasteiger partial charge is 0.262 e. The number of aromatic nitrogens is 4. The van der Waals surface area contributed by atoms with Gasteiger partial charge in [-0.05, 0) is 25.5 Å². The Morgan fingerprint density at radius 1 is 1.43 bits per heavy atom. The van der Waals surface area contributed by atoms with Crippen molar-refractivity contribution in [3.63, 3.8) is 0 Å². The zero-order valence-corrected chi connectivity index (χ0v) is 15.8. The molecule has 4 N–H and O–H groups in total. The molecule has 0 radical (unpaired) electrons. The van der Waals surface area contributed by atoms with E-state index in [9.17, 15) is 15.2 Å². The predicted molar refractivity (Wildman–Crippen MR) is 106 cm³/mol. The molecule has 28 heavy (non-hydrogen) atoms. The highest BCUT2D eigenvalue weighted by atomic mass is 35.5. The Labute approximate surface area is 165 Å². The maximum atomic E-state index is 13.0. The molecule has 0 aliphatic carbocycles. The highest BCUT2D eigenvalue weighted by Gasteiger charge is 2.20. The number of nitrogens with zero attached hydrogens (tertiary/aromatic N) is 5. The van der Waals surface area contributed by atoms with Gasteiger partial charge in [0.2, 0.25) is 0 Å². The summed E-state index contributed by atoms with van der Waals surface area (Å²) in [6.45, 7) is 1.98. The van der Waals surface area contributed by atoms with Crippen LogP contribution < -0.4 is 16.6 Å². The van der Waals surface area contributed by atoms with Crippen LogP contribution in [0.15, 0.2) is 29.3 Å². The number of hydrogen-bond donors (Lipinski definition) is 3. The molecule has 9 nitrogen and oxygen atoms in total. The lowest BCUT2D eigenvalue weighted by atomic mass is 10.2. The third-order valence-corrected chi connectivity index (χ3v) is 4.55. The molecule has 10 heteroatoms. The van der Waals surface area contributed by atoms with Gasteiger partial charge in [-0.25, -0.2) is 15.0 Å². The van der Waals surface area contributed by atoms with E-state index in [2.05, 4.69) is 20.3 Å². The van der Waals surface area contributed by atoms with Crippen molar-refractivity contribution >= 4 is 34.1 Å². The van der Waals surface area contributed by atoms with Gasteiger partial charge in [0.25, 0.3) is 5.56 Å². The van der Waals surface area contributed by atoms with Crippen molar-refractivity contribution in [2.45, 2.75) is 25.9 Å². The molecule has 3 aromatic rings. The topological polar surface area (TPSA) is 143 Å². The summed E-state index contributed by atoms with van der Waals surface area (Å²) in [4.78, 5) is 25.5. The Morgan fingerprint density at radius 3 is 2.93 bits per heavy atom. The van der Waals surface area contributed by atoms with Crippen molar-refractivity contribution in [2.24, 2.45) is 0 Å². The maximum absolute atomic E-state index is 13.0. The van der Waals surface area contributed by atoms with Crippen molar-refractivity contribution < 1.29 is 5.11 Å². The minimum Gasteiger partial charge on any atom is -0.396 e. The average Bonchev–Trinajstić information content (AvgIpc) is 2.67. The Morgan fingerprint density at radius 2 is 2.21 bits per heavy atom. The molecule has 3 rings (SSSR count). The van der Waals surface area contributed by atoms with Gasteiger partial charge < -0.3 is 16.2 Å². The first kappa shape index (κ1) is 19.5. The molecule has 0 saturated heterocycles. The molecular formula is C18H18ClN7O2. The Kier molecular flexibility index (Phi) is 5.73. The summed E-state index contributed by atoms with van der Waals surface area (Å²) in [5, 5.41) is 22.2. The molecule has 0 unspecified atom stereocenters. The van der Waals surface area contributed by atoms with Gasteiger partial charge in [0.15, 0.2) is 0 Å². The van der Waals surface area contributed by atoms with Crippen molar-refractivity contribution in [3.05, 3.63) is 51.3 Å². The number of nitriles is 1. The van der Waals surface area contributed by atoms with Gasteiger partial charge in [0, 0.05) is 13.2 Å². The molecule has 2 heterocycles. The zero-order valence-electron chi connectivity index (χ0n) is 15.1. The van der Waals surface area contributed by atoms with Crippen LogP contribution in [0.2, 0.25) is 5.02 Å². The first-order chi connectivity index (χ1) is 13.5. The fourth-order valence-corrected chi connectivity index (χ4v) is 3.15. The normalized spacial score (nSPS) is 11.9. The third-order valence-electron chi connectivity index (χ3n) is 4.23. The quantitative estimate of drug-likeness (QED) is 0.569. The number of fused-ring (bicyclic) bond motifs is 1. The van der Waals surface area contributed by atoms with Crippen molar-refractivity contribution in [1.29, 1.82) is 5.26 Å². The van der Waals surface area contributed by atoms with Gasteiger partial charge in [-0.3, -0.25) is 9.36 Å². The minimum atomic E-state index is -0.490. The van der Waals surface area contributed by atoms with E-state index in [1.807, 2.05) is 6.07 Å². The molecule has 0 fully saturated rings. The van der Waals surface area contributed by atoms with Gasteiger partial charge in [-0.15, -0.1) is 0 Å². The van der Waals surface area contributed by atoms with E-state index in [1.54, 1.807) is 25.1 Å². The number of nitrogens with two attached hydrogens (primary N) is 1. The van der Waals surface area contributed by atoms with Crippen LogP contribution >= 0.6 is 11.6 Å². The summed E-state index contributed by atoms with van der Waals surface area (Å²) in [7, 11) is 0. The summed E-state index contributed by atoms with van der Waals surface area (Å²) < 4.78 is 1.47. The summed E-state index contributed by atoms with van der Waals surface area (Å²) >= 11 is 6.20. The second-order valence-corrected chi connectivity index (χ2v) is 6.51. The predicted octanol–water partition coefficient (Wildman–Crippen LogP) is 1.85. The molecule has 0 spiro atoms. The molecule has 0 bridgehead atoms. The minimum absolute atomic E-state index is 0.0584. The number of aliphatic hydroxyl groups is 1. The largest absolute Gasteiger partial charge is 0.396 e. The second-order valence-electron chi connectivity index (χ2n) is 6.10. The second kappa shape index (κ2) is 8.21. The molecule has 2 aromatic heterocycles. The first-order valence-electron chi connectivity index (χ1n) is 8.54. The van der Waals surface area contributed by atoms with E-state index in [0.717, 1.165) is 0 Å². The van der Waals surface area contributed by atoms with Crippen LogP contribution in [0.5, 0.6) is 0 Å². The van der Waals surface area contributed by atoms with Gasteiger partial charge in [0.05, 0.1) is 22.0 Å². The zero-order chi connectivity index (χ0) is 20.3. The van der Waals surface area contributed by atoms with Gasteiger partial charge >= 0.3 is 0 Å². The van der Waals surface area contributed by atoms with E-state index in [0.29, 0.717) is 28.2 Å². The Bertz CT molecular complexity index is 1120. The lowest BCUT2D eigenvalue weighted by Crippen LogP contribution is -2.29. The standard InChI is InChI=1S/C18H18ClN7O2/c1-10(24-16-11(8-20)15(21)22-9-23-16)17-25-13-5-2-4-12(19)14(13)18(28)26(17)6-3-7-27/h2,4-5,9-10,27H,3,6-7H2,1H3,(H3,21,22,23,24)/t10-/m0/s1. The first-order valence-corrected chi connectivity index (χ1v) is 8.92. The Balaban J connectivity index is 2.12. The molecule has 1 atom stereocenters. The average molecular weight is 400 g/mol. The number of halogens is 1. The lowest BCUT2D eigenvalue weighted by molar-refractivity contribution is 0.277. The fourth-order valence-electron chi connectivity index (χ4n) is 2.90. The molecule has 1 aromatic carbocycles. The van der Waals surface area contributed by atoms with E-state index in [4.69, 9.17) is 17.3 Å². The van der Waals surface area contributed by atoms with Crippen LogP contribution in [-0.2, 0) is 6.54 Å². The summed E-state index contributed by atoms with van der Waals surface area (Å²) in [6.07, 6.45) is 1.62. The summed E-state index contributed by atoms with van der Waals surface area (Å²) in [6, 6.07) is 6.53. The van der Waals surface area contributed by atoms with Gasteiger partial charge in [0.1, 0.15) is 35.4 Å². The van der Waals surface area contributed by atoms with Crippen LogP contribution in [0.1, 0.15) is 30.8 Å². The summed E-state index contributed by atoms with van der Waals surface area (Å²) in [5.74, 6) is 0.731. The van der Waals surface area contributed by atoms with Gasteiger partial charge in [-0.1, -0.05) is 17.7 Å². The van der Waals surface area contributed by atoms with E-state index < -0.39 is 6.04 Å². The van der Waals surface area contributed by atoms with E-state index >= 15 is 0 Å². The number of benzene rings is 1. The number of nitrogens with one attached hydrogen (secondary N) is 1. The molecule has 0 aliphatic heterocycles. The number of aliphatic hydroxyl groups excluding tert-OH is 1. The SMILES string of the molecule is C[C@H](Nc1ncnc(N)c1C#N)c1nc2cccc(Cl)c2c(=O)n1CCCO. The Hall–Kier alpha value is -3.22. The van der Waals surface area contributed by atoms with E-state index in [-0.39, 0.29) is 35.9 Å². The molecule has 144 valence electrons. The fraction of sp³-hybridized carbons (Fsp3) is 0.278. The number of anilines is 2.